The second-order valence-corrected chi connectivity index (χ2v) is 25.5. The Labute approximate surface area is 559 Å². The number of unbranched alkanes of at least 4 members (excludes halogenated alkanes) is 29. The van der Waals surface area contributed by atoms with Crippen molar-refractivity contribution in [2.24, 2.45) is 5.73 Å². The molecule has 0 fully saturated rings. The molecular formula is C81H136NO8P. The van der Waals surface area contributed by atoms with E-state index in [0.717, 1.165) is 128 Å². The molecule has 3 N–H and O–H groups in total. The standard InChI is InChI=1S/C81H136NO8P/c1-3-5-7-9-11-13-15-17-19-21-23-25-27-29-31-33-34-35-36-37-38-39-40-41-42-43-44-46-47-49-51-53-55-57-59-61-63-65-67-69-71-73-80(83)87-77-79(78-89-91(85,86)88-76-75-82)90-81(84)74-72-70-68-66-64-62-60-58-56-54-52-50-48-45-32-30-28-26-24-22-20-18-16-14-12-10-8-6-4-2/h5-8,11-14,17-20,23-26,29-32,48,50,54,56,60,62,79H,3-4,9-10,15-16,21-22,27-28,33-47,49,51-53,55,57-59,61,63-78,82H2,1-2H3,(H,85,86)/b7-5-,8-6-,13-11-,14-12-,19-17-,20-18-,25-23-,26-24-,31-29-,32-30-,50-48-,56-54-,62-60-. The smallest absolute Gasteiger partial charge is 0.462 e. The fraction of sp³-hybridized carbons (Fsp3) is 0.654. The molecule has 10 heteroatoms. The van der Waals surface area contributed by atoms with Crippen LogP contribution in [0.25, 0.3) is 0 Å². The summed E-state index contributed by atoms with van der Waals surface area (Å²) in [5, 5.41) is 0. The summed E-state index contributed by atoms with van der Waals surface area (Å²) in [6, 6.07) is 0. The molecule has 0 rings (SSSR count). The van der Waals surface area contributed by atoms with Crippen LogP contribution in [0, 0.1) is 0 Å². The molecule has 2 unspecified atom stereocenters. The van der Waals surface area contributed by atoms with Crippen molar-refractivity contribution in [3.8, 4) is 0 Å². The summed E-state index contributed by atoms with van der Waals surface area (Å²) >= 11 is 0. The van der Waals surface area contributed by atoms with Gasteiger partial charge in [0.1, 0.15) is 6.61 Å². The number of hydrogen-bond acceptors (Lipinski definition) is 8. The lowest BCUT2D eigenvalue weighted by Gasteiger charge is -2.19. The first-order chi connectivity index (χ1) is 44.8. The highest BCUT2D eigenvalue weighted by atomic mass is 31.2. The van der Waals surface area contributed by atoms with Gasteiger partial charge in [-0.05, 0) is 122 Å². The third kappa shape index (κ3) is 74.5. The zero-order valence-corrected chi connectivity index (χ0v) is 59.2. The minimum absolute atomic E-state index is 0.0427. The van der Waals surface area contributed by atoms with Gasteiger partial charge >= 0.3 is 19.8 Å². The normalized spacial score (nSPS) is 13.8. The predicted molar refractivity (Wildman–Crippen MR) is 394 cm³/mol. The van der Waals surface area contributed by atoms with E-state index in [4.69, 9.17) is 24.3 Å². The SMILES string of the molecule is CC/C=C\C/C=C\C/C=C\C/C=C\C/C=C\C/C=C\C/C=C\C/C=C\CCCCCCC(=O)OC(COC(=O)CCCCCCCCCCCCCCCCCCCCCCCCCCC/C=C\C/C=C\C/C=C\C/C=C\C/C=C\CC)COP(=O)(O)OCCN. The van der Waals surface area contributed by atoms with Gasteiger partial charge in [-0.25, -0.2) is 4.57 Å². The Morgan fingerprint density at radius 2 is 0.571 bits per heavy atom. The first-order valence-corrected chi connectivity index (χ1v) is 38.5. The lowest BCUT2D eigenvalue weighted by molar-refractivity contribution is -0.161. The van der Waals surface area contributed by atoms with Gasteiger partial charge in [0.15, 0.2) is 6.10 Å². The van der Waals surface area contributed by atoms with Gasteiger partial charge in [-0.2, -0.15) is 0 Å². The maximum absolute atomic E-state index is 12.8. The number of hydrogen-bond donors (Lipinski definition) is 2. The molecular weight excluding hydrogens is 1150 g/mol. The molecule has 2 atom stereocenters. The minimum Gasteiger partial charge on any atom is -0.462 e. The van der Waals surface area contributed by atoms with Crippen molar-refractivity contribution in [2.45, 2.75) is 315 Å². The third-order valence-corrected chi connectivity index (χ3v) is 16.4. The summed E-state index contributed by atoms with van der Waals surface area (Å²) < 4.78 is 33.2. The molecule has 9 nitrogen and oxygen atoms in total. The number of phosphoric acid groups is 1. The molecule has 0 aliphatic heterocycles. The number of nitrogens with two attached hydrogens (primary N) is 1. The predicted octanol–water partition coefficient (Wildman–Crippen LogP) is 24.7. The van der Waals surface area contributed by atoms with E-state index in [-0.39, 0.29) is 38.6 Å². The summed E-state index contributed by atoms with van der Waals surface area (Å²) in [5.74, 6) is -0.856. The van der Waals surface area contributed by atoms with Crippen LogP contribution in [-0.2, 0) is 32.7 Å². The summed E-state index contributed by atoms with van der Waals surface area (Å²) in [7, 11) is -4.41. The lowest BCUT2D eigenvalue weighted by Crippen LogP contribution is -2.29. The second-order valence-electron chi connectivity index (χ2n) is 24.0. The molecule has 0 bridgehead atoms. The summed E-state index contributed by atoms with van der Waals surface area (Å²) in [4.78, 5) is 35.4. The molecule has 0 aromatic heterocycles. The first kappa shape index (κ1) is 86.6. The van der Waals surface area contributed by atoms with Crippen LogP contribution in [0.2, 0.25) is 0 Å². The molecule has 0 saturated heterocycles. The Balaban J connectivity index is 3.87. The van der Waals surface area contributed by atoms with Gasteiger partial charge in [0, 0.05) is 19.4 Å². The zero-order chi connectivity index (χ0) is 65.8. The quantitative estimate of drug-likeness (QED) is 0.0264. The number of rotatable bonds is 68. The van der Waals surface area contributed by atoms with E-state index in [1.807, 2.05) is 0 Å². The van der Waals surface area contributed by atoms with Gasteiger partial charge in [0.25, 0.3) is 0 Å². The first-order valence-electron chi connectivity index (χ1n) is 37.0. The van der Waals surface area contributed by atoms with Crippen molar-refractivity contribution < 1.29 is 37.6 Å². The third-order valence-electron chi connectivity index (χ3n) is 15.4. The second kappa shape index (κ2) is 74.7. The van der Waals surface area contributed by atoms with Crippen molar-refractivity contribution in [2.75, 3.05) is 26.4 Å². The maximum Gasteiger partial charge on any atom is 0.472 e. The van der Waals surface area contributed by atoms with E-state index in [9.17, 15) is 19.0 Å². The van der Waals surface area contributed by atoms with Crippen LogP contribution in [0.4, 0.5) is 0 Å². The molecule has 0 heterocycles. The van der Waals surface area contributed by atoms with E-state index in [2.05, 4.69) is 172 Å². The average molecular weight is 1280 g/mol. The Hall–Kier alpha value is -4.37. The average Bonchev–Trinajstić information content (AvgIpc) is 3.68. The molecule has 91 heavy (non-hydrogen) atoms. The van der Waals surface area contributed by atoms with E-state index in [1.54, 1.807) is 0 Å². The summed E-state index contributed by atoms with van der Waals surface area (Å²) in [6.07, 6.45) is 109. The van der Waals surface area contributed by atoms with Crippen LogP contribution in [-0.4, -0.2) is 49.3 Å². The van der Waals surface area contributed by atoms with Gasteiger partial charge < -0.3 is 20.1 Å². The van der Waals surface area contributed by atoms with E-state index >= 15 is 0 Å². The highest BCUT2D eigenvalue weighted by Crippen LogP contribution is 2.43. The number of ether oxygens (including phenoxy) is 2. The summed E-state index contributed by atoms with van der Waals surface area (Å²) in [6.45, 7) is 3.50. The van der Waals surface area contributed by atoms with E-state index < -0.39 is 26.5 Å². The number of carbonyl (C=O) groups is 2. The van der Waals surface area contributed by atoms with Crippen LogP contribution in [0.3, 0.4) is 0 Å². The van der Waals surface area contributed by atoms with Gasteiger partial charge in [0.05, 0.1) is 13.2 Å². The molecule has 0 aliphatic rings. The van der Waals surface area contributed by atoms with Crippen molar-refractivity contribution in [3.05, 3.63) is 158 Å². The molecule has 0 aromatic rings. The van der Waals surface area contributed by atoms with Crippen LogP contribution >= 0.6 is 7.82 Å². The van der Waals surface area contributed by atoms with Gasteiger partial charge in [-0.1, -0.05) is 332 Å². The zero-order valence-electron chi connectivity index (χ0n) is 58.3. The number of carbonyl (C=O) groups excluding carboxylic acids is 2. The van der Waals surface area contributed by atoms with Crippen LogP contribution in [0.5, 0.6) is 0 Å². The Bertz CT molecular complexity index is 2050. The van der Waals surface area contributed by atoms with Crippen LogP contribution in [0.1, 0.15) is 309 Å². The fourth-order valence-electron chi connectivity index (χ4n) is 10.0. The molecule has 0 aromatic carbocycles. The largest absolute Gasteiger partial charge is 0.472 e. The molecule has 0 saturated carbocycles. The Morgan fingerprint density at radius 3 is 0.846 bits per heavy atom. The summed E-state index contributed by atoms with van der Waals surface area (Å²) in [5.41, 5.74) is 5.40. The van der Waals surface area contributed by atoms with E-state index in [0.29, 0.717) is 6.42 Å². The van der Waals surface area contributed by atoms with Crippen molar-refractivity contribution in [1.82, 2.24) is 0 Å². The van der Waals surface area contributed by atoms with Gasteiger partial charge in [0.2, 0.25) is 0 Å². The fourth-order valence-corrected chi connectivity index (χ4v) is 10.8. The molecule has 0 aliphatic carbocycles. The topological polar surface area (TPSA) is 134 Å². The number of phosphoric ester groups is 1. The van der Waals surface area contributed by atoms with E-state index in [1.165, 1.54) is 148 Å². The number of allylic oxidation sites excluding steroid dienone is 26. The molecule has 518 valence electrons. The van der Waals surface area contributed by atoms with Gasteiger partial charge in [-0.15, -0.1) is 0 Å². The lowest BCUT2D eigenvalue weighted by atomic mass is 10.0. The number of esters is 2. The highest BCUT2D eigenvalue weighted by molar-refractivity contribution is 7.47. The van der Waals surface area contributed by atoms with Gasteiger partial charge in [-0.3, -0.25) is 18.6 Å². The molecule has 0 radical (unpaired) electrons. The maximum atomic E-state index is 12.8. The monoisotopic (exact) mass is 1280 g/mol. The van der Waals surface area contributed by atoms with Crippen LogP contribution < -0.4 is 5.73 Å². The van der Waals surface area contributed by atoms with Crippen LogP contribution in [0.15, 0.2) is 158 Å². The van der Waals surface area contributed by atoms with Crippen molar-refractivity contribution in [1.29, 1.82) is 0 Å². The molecule has 0 amide bonds. The minimum atomic E-state index is -4.41. The van der Waals surface area contributed by atoms with Crippen molar-refractivity contribution in [3.63, 3.8) is 0 Å². The Kier molecular flexibility index (Phi) is 71.1. The Morgan fingerprint density at radius 1 is 0.330 bits per heavy atom. The molecule has 0 spiro atoms. The van der Waals surface area contributed by atoms with Crippen molar-refractivity contribution >= 4 is 19.8 Å². The highest BCUT2D eigenvalue weighted by Gasteiger charge is 2.26.